The second kappa shape index (κ2) is 10.3. The number of rotatable bonds is 9. The largest absolute Gasteiger partial charge is 0.378 e. The van der Waals surface area contributed by atoms with Crippen LogP contribution in [0.3, 0.4) is 0 Å². The highest BCUT2D eigenvalue weighted by Crippen LogP contribution is 2.13. The molecule has 1 rings (SSSR count). The summed E-state index contributed by atoms with van der Waals surface area (Å²) in [6.07, 6.45) is 1.26. The summed E-state index contributed by atoms with van der Waals surface area (Å²) in [5.74, 6) is 1.37. The standard InChI is InChI=1S/C18H35N5O/c1-8-19-18(20-11-10-17(13(3)4)24-9-2)21-12-16-14(5)22-23(7)15(16)6/h13,17H,8-12H2,1-7H3,(H2,19,20,21). The third-order valence-corrected chi connectivity index (χ3v) is 4.24. The van der Waals surface area contributed by atoms with E-state index in [1.165, 1.54) is 11.3 Å². The number of hydrogen-bond acceptors (Lipinski definition) is 3. The van der Waals surface area contributed by atoms with Crippen LogP contribution in [0.4, 0.5) is 0 Å². The Kier molecular flexibility index (Phi) is 8.82. The topological polar surface area (TPSA) is 63.5 Å². The molecular weight excluding hydrogens is 302 g/mol. The van der Waals surface area contributed by atoms with Crippen LogP contribution in [0, 0.1) is 19.8 Å². The van der Waals surface area contributed by atoms with Crippen molar-refractivity contribution in [3.8, 4) is 0 Å². The van der Waals surface area contributed by atoms with Crippen LogP contribution < -0.4 is 10.6 Å². The SMILES string of the molecule is CCNC(=NCc1c(C)nn(C)c1C)NCCC(OCC)C(C)C. The lowest BCUT2D eigenvalue weighted by atomic mass is 10.0. The monoisotopic (exact) mass is 337 g/mol. The average molecular weight is 338 g/mol. The molecule has 0 bridgehead atoms. The van der Waals surface area contributed by atoms with Gasteiger partial charge in [0.15, 0.2) is 5.96 Å². The zero-order chi connectivity index (χ0) is 18.1. The molecule has 2 N–H and O–H groups in total. The summed E-state index contributed by atoms with van der Waals surface area (Å²) in [4.78, 5) is 4.71. The van der Waals surface area contributed by atoms with E-state index in [4.69, 9.17) is 9.73 Å². The Morgan fingerprint density at radius 1 is 1.25 bits per heavy atom. The second-order valence-corrected chi connectivity index (χ2v) is 6.42. The molecule has 1 atom stereocenters. The number of aliphatic imine (C=N–C) groups is 1. The molecule has 0 fully saturated rings. The predicted octanol–water partition coefficient (Wildman–Crippen LogP) is 2.54. The number of aromatic nitrogens is 2. The molecule has 24 heavy (non-hydrogen) atoms. The van der Waals surface area contributed by atoms with Crippen LogP contribution in [0.15, 0.2) is 4.99 Å². The highest BCUT2D eigenvalue weighted by Gasteiger charge is 2.13. The first-order valence-electron chi connectivity index (χ1n) is 9.03. The van der Waals surface area contributed by atoms with Crippen LogP contribution in [-0.2, 0) is 18.3 Å². The van der Waals surface area contributed by atoms with Gasteiger partial charge in [0.2, 0.25) is 0 Å². The van der Waals surface area contributed by atoms with Crippen LogP contribution >= 0.6 is 0 Å². The average Bonchev–Trinajstić information content (AvgIpc) is 2.76. The minimum atomic E-state index is 0.285. The van der Waals surface area contributed by atoms with E-state index in [1.807, 2.05) is 25.6 Å². The first-order chi connectivity index (χ1) is 11.4. The first kappa shape index (κ1) is 20.5. The van der Waals surface area contributed by atoms with Crippen LogP contribution in [0.25, 0.3) is 0 Å². The Morgan fingerprint density at radius 2 is 1.96 bits per heavy atom. The summed E-state index contributed by atoms with van der Waals surface area (Å²) >= 11 is 0. The lowest BCUT2D eigenvalue weighted by molar-refractivity contribution is 0.0258. The zero-order valence-corrected chi connectivity index (χ0v) is 16.4. The van der Waals surface area contributed by atoms with Crippen LogP contribution in [-0.4, -0.2) is 41.5 Å². The molecule has 0 saturated carbocycles. The number of hydrogen-bond donors (Lipinski definition) is 2. The lowest BCUT2D eigenvalue weighted by Gasteiger charge is -2.21. The molecule has 1 heterocycles. The van der Waals surface area contributed by atoms with Gasteiger partial charge in [-0.05, 0) is 40.0 Å². The Bertz CT molecular complexity index is 522. The van der Waals surface area contributed by atoms with Gasteiger partial charge in [-0.1, -0.05) is 13.8 Å². The fourth-order valence-electron chi connectivity index (χ4n) is 2.70. The van der Waals surface area contributed by atoms with Gasteiger partial charge in [0, 0.05) is 38.0 Å². The number of nitrogens with zero attached hydrogens (tertiary/aromatic N) is 3. The summed E-state index contributed by atoms with van der Waals surface area (Å²) in [5.41, 5.74) is 3.42. The minimum Gasteiger partial charge on any atom is -0.378 e. The molecule has 6 heteroatoms. The number of guanidine groups is 1. The van der Waals surface area contributed by atoms with Crippen molar-refractivity contribution in [3.63, 3.8) is 0 Å². The van der Waals surface area contributed by atoms with E-state index in [1.54, 1.807) is 0 Å². The van der Waals surface area contributed by atoms with E-state index in [0.717, 1.165) is 37.8 Å². The molecule has 0 saturated heterocycles. The van der Waals surface area contributed by atoms with Crippen molar-refractivity contribution >= 4 is 5.96 Å². The highest BCUT2D eigenvalue weighted by atomic mass is 16.5. The Hall–Kier alpha value is -1.56. The predicted molar refractivity (Wildman–Crippen MR) is 100 cm³/mol. The van der Waals surface area contributed by atoms with E-state index in [9.17, 15) is 0 Å². The third kappa shape index (κ3) is 6.15. The fourth-order valence-corrected chi connectivity index (χ4v) is 2.70. The van der Waals surface area contributed by atoms with Crippen LogP contribution in [0.1, 0.15) is 51.1 Å². The maximum absolute atomic E-state index is 5.80. The van der Waals surface area contributed by atoms with E-state index in [-0.39, 0.29) is 6.10 Å². The highest BCUT2D eigenvalue weighted by molar-refractivity contribution is 5.79. The van der Waals surface area contributed by atoms with Gasteiger partial charge in [0.25, 0.3) is 0 Å². The van der Waals surface area contributed by atoms with E-state index >= 15 is 0 Å². The summed E-state index contributed by atoms with van der Waals surface area (Å²) in [7, 11) is 1.97. The molecule has 0 aromatic carbocycles. The normalized spacial score (nSPS) is 13.4. The van der Waals surface area contributed by atoms with Crippen LogP contribution in [0.5, 0.6) is 0 Å². The molecule has 1 unspecified atom stereocenters. The van der Waals surface area contributed by atoms with Gasteiger partial charge < -0.3 is 15.4 Å². The first-order valence-corrected chi connectivity index (χ1v) is 9.03. The van der Waals surface area contributed by atoms with Gasteiger partial charge in [0.05, 0.1) is 18.3 Å². The van der Waals surface area contributed by atoms with Crippen molar-refractivity contribution in [2.45, 2.75) is 60.6 Å². The van der Waals surface area contributed by atoms with Crippen molar-refractivity contribution in [3.05, 3.63) is 17.0 Å². The summed E-state index contributed by atoms with van der Waals surface area (Å²) in [6, 6.07) is 0. The summed E-state index contributed by atoms with van der Waals surface area (Å²) in [5, 5.41) is 11.2. The van der Waals surface area contributed by atoms with Gasteiger partial charge in [-0.15, -0.1) is 0 Å². The van der Waals surface area contributed by atoms with Crippen molar-refractivity contribution in [2.24, 2.45) is 18.0 Å². The summed E-state index contributed by atoms with van der Waals surface area (Å²) < 4.78 is 7.71. The van der Waals surface area contributed by atoms with Crippen molar-refractivity contribution in [2.75, 3.05) is 19.7 Å². The third-order valence-electron chi connectivity index (χ3n) is 4.24. The van der Waals surface area contributed by atoms with Crippen molar-refractivity contribution in [1.82, 2.24) is 20.4 Å². The second-order valence-electron chi connectivity index (χ2n) is 6.42. The zero-order valence-electron chi connectivity index (χ0n) is 16.4. The van der Waals surface area contributed by atoms with E-state index in [2.05, 4.69) is 43.4 Å². The molecule has 0 aliphatic heterocycles. The van der Waals surface area contributed by atoms with Crippen molar-refractivity contribution < 1.29 is 4.74 Å². The van der Waals surface area contributed by atoms with E-state index < -0.39 is 0 Å². The van der Waals surface area contributed by atoms with Gasteiger partial charge >= 0.3 is 0 Å². The van der Waals surface area contributed by atoms with Gasteiger partial charge in [-0.25, -0.2) is 4.99 Å². The Balaban J connectivity index is 2.62. The molecule has 0 spiro atoms. The number of aryl methyl sites for hydroxylation is 2. The Morgan fingerprint density at radius 3 is 2.46 bits per heavy atom. The number of nitrogens with one attached hydrogen (secondary N) is 2. The molecular formula is C18H35N5O. The lowest BCUT2D eigenvalue weighted by Crippen LogP contribution is -2.39. The molecule has 6 nitrogen and oxygen atoms in total. The van der Waals surface area contributed by atoms with Gasteiger partial charge in [-0.3, -0.25) is 4.68 Å². The maximum atomic E-state index is 5.80. The van der Waals surface area contributed by atoms with Gasteiger partial charge in [0.1, 0.15) is 0 Å². The summed E-state index contributed by atoms with van der Waals surface area (Å²) in [6.45, 7) is 15.7. The number of ether oxygens (including phenoxy) is 1. The molecule has 138 valence electrons. The minimum absolute atomic E-state index is 0.285. The van der Waals surface area contributed by atoms with Crippen molar-refractivity contribution in [1.29, 1.82) is 0 Å². The quantitative estimate of drug-likeness (QED) is 0.537. The molecule has 1 aromatic heterocycles. The maximum Gasteiger partial charge on any atom is 0.191 e. The van der Waals surface area contributed by atoms with Crippen LogP contribution in [0.2, 0.25) is 0 Å². The molecule has 1 aromatic rings. The molecule has 0 radical (unpaired) electrons. The fraction of sp³-hybridized carbons (Fsp3) is 0.778. The molecule has 0 amide bonds. The van der Waals surface area contributed by atoms with Gasteiger partial charge in [-0.2, -0.15) is 5.10 Å². The smallest absolute Gasteiger partial charge is 0.191 e. The molecule has 0 aliphatic rings. The molecule has 0 aliphatic carbocycles. The Labute approximate surface area is 147 Å². The van der Waals surface area contributed by atoms with E-state index in [0.29, 0.717) is 12.5 Å².